The molecule has 1 N–H and O–H groups in total. The average molecular weight is 417 g/mol. The van der Waals surface area contributed by atoms with Gasteiger partial charge in [-0.25, -0.2) is 0 Å². The zero-order chi connectivity index (χ0) is 19.7. The van der Waals surface area contributed by atoms with Crippen LogP contribution in [0.1, 0.15) is 46.3 Å². The fourth-order valence-corrected chi connectivity index (χ4v) is 3.74. The van der Waals surface area contributed by atoms with Crippen molar-refractivity contribution in [3.05, 3.63) is 69.5 Å². The average Bonchev–Trinajstić information content (AvgIpc) is 3.38. The van der Waals surface area contributed by atoms with Gasteiger partial charge in [-0.05, 0) is 75.2 Å². The lowest BCUT2D eigenvalue weighted by molar-refractivity contribution is 0.0906. The molecule has 0 saturated carbocycles. The van der Waals surface area contributed by atoms with Crippen LogP contribution >= 0.6 is 12.4 Å². The van der Waals surface area contributed by atoms with Gasteiger partial charge in [-0.3, -0.25) is 14.5 Å². The highest BCUT2D eigenvalue weighted by Crippen LogP contribution is 2.25. The van der Waals surface area contributed by atoms with E-state index in [-0.39, 0.29) is 29.6 Å². The summed E-state index contributed by atoms with van der Waals surface area (Å²) in [7, 11) is 0. The van der Waals surface area contributed by atoms with E-state index in [0.717, 1.165) is 42.8 Å². The van der Waals surface area contributed by atoms with Crippen LogP contribution in [-0.4, -0.2) is 30.4 Å². The predicted molar refractivity (Wildman–Crippen MR) is 114 cm³/mol. The standard InChI is InChI=1S/C22H24N2O4.ClH/c1-14-10-16-18(25)12-21(28-20(16)11-15(14)2)22(26)23-13-17(19-6-5-9-27-19)24-7-3-4-8-24;/h5-6,9-12,17H,3-4,7-8,13H2,1-2H3,(H,23,26);1H. The second-order valence-corrected chi connectivity index (χ2v) is 7.39. The molecule has 29 heavy (non-hydrogen) atoms. The fourth-order valence-electron chi connectivity index (χ4n) is 3.74. The fraction of sp³-hybridized carbons (Fsp3) is 0.364. The number of rotatable bonds is 5. The highest BCUT2D eigenvalue weighted by atomic mass is 35.5. The Morgan fingerprint density at radius 2 is 1.90 bits per heavy atom. The number of amides is 1. The molecule has 1 atom stereocenters. The Labute approximate surface area is 175 Å². The molecule has 1 saturated heterocycles. The quantitative estimate of drug-likeness (QED) is 0.680. The Morgan fingerprint density at radius 3 is 2.59 bits per heavy atom. The Bertz CT molecular complexity index is 1050. The molecular formula is C22H25ClN2O4. The van der Waals surface area contributed by atoms with Gasteiger partial charge in [0.05, 0.1) is 17.7 Å². The summed E-state index contributed by atoms with van der Waals surface area (Å²) in [5.74, 6) is 0.460. The van der Waals surface area contributed by atoms with E-state index < -0.39 is 5.91 Å². The molecule has 4 rings (SSSR count). The molecule has 1 amide bonds. The first-order valence-electron chi connectivity index (χ1n) is 9.63. The minimum atomic E-state index is -0.395. The zero-order valence-electron chi connectivity index (χ0n) is 16.6. The number of fused-ring (bicyclic) bond motifs is 1. The highest BCUT2D eigenvalue weighted by Gasteiger charge is 2.26. The molecule has 0 bridgehead atoms. The van der Waals surface area contributed by atoms with E-state index in [4.69, 9.17) is 8.83 Å². The lowest BCUT2D eigenvalue weighted by atomic mass is 10.1. The number of likely N-dealkylation sites (tertiary alicyclic amines) is 1. The van der Waals surface area contributed by atoms with E-state index in [0.29, 0.717) is 17.5 Å². The second kappa shape index (κ2) is 8.84. The molecule has 1 aliphatic heterocycles. The number of halogens is 1. The van der Waals surface area contributed by atoms with Crippen molar-refractivity contribution in [2.75, 3.05) is 19.6 Å². The number of nitrogens with one attached hydrogen (secondary N) is 1. The molecule has 3 heterocycles. The van der Waals surface area contributed by atoms with E-state index in [1.54, 1.807) is 18.4 Å². The topological polar surface area (TPSA) is 75.7 Å². The van der Waals surface area contributed by atoms with Gasteiger partial charge in [0, 0.05) is 12.6 Å². The third-order valence-electron chi connectivity index (χ3n) is 5.48. The van der Waals surface area contributed by atoms with E-state index >= 15 is 0 Å². The number of hydrogen-bond donors (Lipinski definition) is 1. The van der Waals surface area contributed by atoms with Crippen molar-refractivity contribution < 1.29 is 13.6 Å². The number of hydrogen-bond acceptors (Lipinski definition) is 5. The number of carbonyl (C=O) groups is 1. The minimum Gasteiger partial charge on any atom is -0.468 e. The molecular weight excluding hydrogens is 392 g/mol. The molecule has 1 aliphatic rings. The third-order valence-corrected chi connectivity index (χ3v) is 5.48. The maximum absolute atomic E-state index is 12.7. The van der Waals surface area contributed by atoms with Gasteiger partial charge >= 0.3 is 0 Å². The Morgan fingerprint density at radius 1 is 1.17 bits per heavy atom. The highest BCUT2D eigenvalue weighted by molar-refractivity contribution is 5.93. The minimum absolute atomic E-state index is 0. The number of nitrogens with zero attached hydrogens (tertiary/aromatic N) is 1. The summed E-state index contributed by atoms with van der Waals surface area (Å²) in [5.41, 5.74) is 2.25. The van der Waals surface area contributed by atoms with Gasteiger partial charge < -0.3 is 14.2 Å². The second-order valence-electron chi connectivity index (χ2n) is 7.39. The van der Waals surface area contributed by atoms with Gasteiger partial charge in [-0.1, -0.05) is 0 Å². The van der Waals surface area contributed by atoms with Crippen molar-refractivity contribution >= 4 is 29.3 Å². The number of carbonyl (C=O) groups excluding carboxylic acids is 1. The van der Waals surface area contributed by atoms with Crippen LogP contribution in [0.4, 0.5) is 0 Å². The molecule has 0 spiro atoms. The van der Waals surface area contributed by atoms with Crippen LogP contribution in [0, 0.1) is 13.8 Å². The summed E-state index contributed by atoms with van der Waals surface area (Å²) < 4.78 is 11.3. The van der Waals surface area contributed by atoms with Crippen LogP contribution in [0.25, 0.3) is 11.0 Å². The molecule has 1 fully saturated rings. The summed E-state index contributed by atoms with van der Waals surface area (Å²) in [6, 6.07) is 8.63. The Balaban J connectivity index is 0.00000240. The van der Waals surface area contributed by atoms with Crippen molar-refractivity contribution in [1.29, 1.82) is 0 Å². The molecule has 6 nitrogen and oxygen atoms in total. The van der Waals surface area contributed by atoms with Gasteiger partial charge in [0.2, 0.25) is 0 Å². The first-order chi connectivity index (χ1) is 13.5. The van der Waals surface area contributed by atoms with Crippen LogP contribution in [-0.2, 0) is 0 Å². The maximum atomic E-state index is 12.7. The van der Waals surface area contributed by atoms with E-state index in [9.17, 15) is 9.59 Å². The molecule has 0 radical (unpaired) electrons. The van der Waals surface area contributed by atoms with Crippen LogP contribution < -0.4 is 10.7 Å². The smallest absolute Gasteiger partial charge is 0.287 e. The lowest BCUT2D eigenvalue weighted by Crippen LogP contribution is -2.36. The number of benzene rings is 1. The predicted octanol–water partition coefficient (Wildman–Crippen LogP) is 3.99. The van der Waals surface area contributed by atoms with Crippen LogP contribution in [0.3, 0.4) is 0 Å². The van der Waals surface area contributed by atoms with Crippen LogP contribution in [0.2, 0.25) is 0 Å². The van der Waals surface area contributed by atoms with Crippen molar-refractivity contribution in [2.45, 2.75) is 32.7 Å². The Kier molecular flexibility index (Phi) is 6.45. The lowest BCUT2D eigenvalue weighted by Gasteiger charge is -2.25. The molecule has 7 heteroatoms. The van der Waals surface area contributed by atoms with Gasteiger partial charge in [0.15, 0.2) is 11.2 Å². The van der Waals surface area contributed by atoms with Crippen molar-refractivity contribution in [3.63, 3.8) is 0 Å². The zero-order valence-corrected chi connectivity index (χ0v) is 17.4. The van der Waals surface area contributed by atoms with Crippen LogP contribution in [0.5, 0.6) is 0 Å². The van der Waals surface area contributed by atoms with Gasteiger partial charge in [-0.2, -0.15) is 0 Å². The summed E-state index contributed by atoms with van der Waals surface area (Å²) in [4.78, 5) is 27.4. The SMILES string of the molecule is Cc1cc2oc(C(=O)NCC(c3ccco3)N3CCCC3)cc(=O)c2cc1C.Cl. The van der Waals surface area contributed by atoms with Gasteiger partial charge in [-0.15, -0.1) is 12.4 Å². The summed E-state index contributed by atoms with van der Waals surface area (Å²) in [6.45, 7) is 6.24. The van der Waals surface area contributed by atoms with Gasteiger partial charge in [0.25, 0.3) is 5.91 Å². The third kappa shape index (κ3) is 4.38. The van der Waals surface area contributed by atoms with Crippen molar-refractivity contribution in [2.24, 2.45) is 0 Å². The normalized spacial score (nSPS) is 15.2. The Hall–Kier alpha value is -2.57. The van der Waals surface area contributed by atoms with E-state index in [2.05, 4.69) is 10.2 Å². The monoisotopic (exact) mass is 416 g/mol. The van der Waals surface area contributed by atoms with Crippen molar-refractivity contribution in [1.82, 2.24) is 10.2 Å². The molecule has 1 unspecified atom stereocenters. The first kappa shape index (κ1) is 21.1. The molecule has 0 aliphatic carbocycles. The molecule has 154 valence electrons. The summed E-state index contributed by atoms with van der Waals surface area (Å²) in [6.07, 6.45) is 3.93. The van der Waals surface area contributed by atoms with Crippen molar-refractivity contribution in [3.8, 4) is 0 Å². The van der Waals surface area contributed by atoms with E-state index in [1.807, 2.05) is 26.0 Å². The summed E-state index contributed by atoms with van der Waals surface area (Å²) in [5, 5.41) is 3.40. The molecule has 3 aromatic rings. The van der Waals surface area contributed by atoms with Crippen LogP contribution in [0.15, 0.2) is 50.2 Å². The van der Waals surface area contributed by atoms with E-state index in [1.165, 1.54) is 6.07 Å². The first-order valence-corrected chi connectivity index (χ1v) is 9.63. The largest absolute Gasteiger partial charge is 0.468 e. The maximum Gasteiger partial charge on any atom is 0.287 e. The molecule has 2 aromatic heterocycles. The number of furan rings is 1. The molecule has 1 aromatic carbocycles. The van der Waals surface area contributed by atoms with Gasteiger partial charge in [0.1, 0.15) is 11.3 Å². The summed E-state index contributed by atoms with van der Waals surface area (Å²) >= 11 is 0. The number of aryl methyl sites for hydroxylation is 2.